The number of hydrogen-bond donors (Lipinski definition) is 2. The zero-order valence-corrected chi connectivity index (χ0v) is 15.2. The van der Waals surface area contributed by atoms with Gasteiger partial charge in [-0.15, -0.1) is 5.10 Å². The molecule has 0 bridgehead atoms. The Kier molecular flexibility index (Phi) is 4.62. The molecule has 4 aromatic rings. The number of amides is 1. The van der Waals surface area contributed by atoms with Gasteiger partial charge in [0.05, 0.1) is 16.8 Å². The maximum atomic E-state index is 12.2. The van der Waals surface area contributed by atoms with E-state index >= 15 is 0 Å². The van der Waals surface area contributed by atoms with Crippen molar-refractivity contribution in [2.24, 2.45) is 0 Å². The Hall–Kier alpha value is -2.80. The van der Waals surface area contributed by atoms with Gasteiger partial charge >= 0.3 is 0 Å². The van der Waals surface area contributed by atoms with Gasteiger partial charge in [0.15, 0.2) is 5.16 Å². The highest BCUT2D eigenvalue weighted by Gasteiger charge is 2.13. The second-order valence-electron chi connectivity index (χ2n) is 6.08. The van der Waals surface area contributed by atoms with Crippen LogP contribution in [0.1, 0.15) is 11.1 Å². The number of H-pyrrole nitrogens is 1. The van der Waals surface area contributed by atoms with Gasteiger partial charge in [-0.3, -0.25) is 9.20 Å². The summed E-state index contributed by atoms with van der Waals surface area (Å²) in [6.45, 7) is 2.72. The molecular weight excluding hydrogens is 346 g/mol. The van der Waals surface area contributed by atoms with Crippen molar-refractivity contribution in [3.05, 3.63) is 59.7 Å². The second kappa shape index (κ2) is 7.21. The number of benzene rings is 2. The van der Waals surface area contributed by atoms with Crippen molar-refractivity contribution in [3.63, 3.8) is 0 Å². The molecule has 0 saturated heterocycles. The van der Waals surface area contributed by atoms with Crippen molar-refractivity contribution in [1.82, 2.24) is 24.9 Å². The van der Waals surface area contributed by atoms with Crippen molar-refractivity contribution in [2.75, 3.05) is 12.3 Å². The van der Waals surface area contributed by atoms with Gasteiger partial charge in [-0.05, 0) is 36.6 Å². The van der Waals surface area contributed by atoms with Gasteiger partial charge in [-0.25, -0.2) is 10.1 Å². The molecule has 0 aliphatic carbocycles. The van der Waals surface area contributed by atoms with Crippen molar-refractivity contribution < 1.29 is 4.79 Å². The minimum absolute atomic E-state index is 0.00385. The Balaban J connectivity index is 1.36. The largest absolute Gasteiger partial charge is 0.355 e. The topological polar surface area (TPSA) is 75.1 Å². The first-order valence-corrected chi connectivity index (χ1v) is 9.46. The first kappa shape index (κ1) is 16.7. The summed E-state index contributed by atoms with van der Waals surface area (Å²) >= 11 is 1.40. The van der Waals surface area contributed by atoms with Crippen LogP contribution in [-0.2, 0) is 11.2 Å². The van der Waals surface area contributed by atoms with Gasteiger partial charge in [-0.1, -0.05) is 48.2 Å². The lowest BCUT2D eigenvalue weighted by Gasteiger charge is -2.07. The van der Waals surface area contributed by atoms with E-state index in [0.29, 0.717) is 18.1 Å². The Morgan fingerprint density at radius 3 is 2.88 bits per heavy atom. The number of para-hydroxylation sites is 2. The van der Waals surface area contributed by atoms with Crippen LogP contribution in [0.5, 0.6) is 0 Å². The summed E-state index contributed by atoms with van der Waals surface area (Å²) in [7, 11) is 0. The molecule has 6 nitrogen and oxygen atoms in total. The number of thioether (sulfide) groups is 1. The van der Waals surface area contributed by atoms with Gasteiger partial charge in [-0.2, -0.15) is 0 Å². The van der Waals surface area contributed by atoms with E-state index in [1.807, 2.05) is 40.8 Å². The lowest BCUT2D eigenvalue weighted by atomic mass is 10.1. The van der Waals surface area contributed by atoms with Crippen molar-refractivity contribution in [2.45, 2.75) is 18.5 Å². The summed E-state index contributed by atoms with van der Waals surface area (Å²) < 4.78 is 1.95. The molecule has 2 aromatic heterocycles. The quantitative estimate of drug-likeness (QED) is 0.515. The van der Waals surface area contributed by atoms with Crippen LogP contribution in [0.15, 0.2) is 53.7 Å². The zero-order chi connectivity index (χ0) is 17.9. The third kappa shape index (κ3) is 3.30. The van der Waals surface area contributed by atoms with Crippen LogP contribution in [0.2, 0.25) is 0 Å². The molecule has 2 aromatic carbocycles. The van der Waals surface area contributed by atoms with E-state index in [2.05, 4.69) is 39.6 Å². The van der Waals surface area contributed by atoms with E-state index in [-0.39, 0.29) is 5.91 Å². The van der Waals surface area contributed by atoms with E-state index in [0.717, 1.165) is 22.6 Å². The van der Waals surface area contributed by atoms with Gasteiger partial charge in [0.25, 0.3) is 0 Å². The summed E-state index contributed by atoms with van der Waals surface area (Å²) in [6.07, 6.45) is 0.835. The number of nitrogens with zero attached hydrogens (tertiary/aromatic N) is 3. The Bertz CT molecular complexity index is 1070. The number of imidazole rings is 1. The highest BCUT2D eigenvalue weighted by Crippen LogP contribution is 2.22. The number of carbonyl (C=O) groups excluding carboxylic acids is 1. The average molecular weight is 365 g/mol. The number of fused-ring (bicyclic) bond motifs is 3. The third-order valence-electron chi connectivity index (χ3n) is 4.31. The molecule has 132 valence electrons. The highest BCUT2D eigenvalue weighted by atomic mass is 32.2. The molecule has 0 atom stereocenters. The van der Waals surface area contributed by atoms with Crippen LogP contribution in [0.25, 0.3) is 16.8 Å². The standard InChI is InChI=1S/C19H19N5OS/c1-13-6-2-3-7-14(13)10-11-20-17(25)12-26-19-23-22-18-21-15-8-4-5-9-16(15)24(18)19/h2-9H,10-12H2,1H3,(H,20,25)(H,21,22). The Morgan fingerprint density at radius 2 is 2.00 bits per heavy atom. The van der Waals surface area contributed by atoms with Crippen LogP contribution < -0.4 is 5.32 Å². The fraction of sp³-hybridized carbons (Fsp3) is 0.211. The highest BCUT2D eigenvalue weighted by molar-refractivity contribution is 7.99. The maximum absolute atomic E-state index is 12.2. The molecular formula is C19H19N5OS. The molecule has 4 rings (SSSR count). The monoisotopic (exact) mass is 365 g/mol. The lowest BCUT2D eigenvalue weighted by Crippen LogP contribution is -2.27. The average Bonchev–Trinajstić information content (AvgIpc) is 3.21. The Morgan fingerprint density at radius 1 is 1.19 bits per heavy atom. The summed E-state index contributed by atoms with van der Waals surface area (Å²) in [5.41, 5.74) is 4.41. The molecule has 0 radical (unpaired) electrons. The maximum Gasteiger partial charge on any atom is 0.231 e. The minimum Gasteiger partial charge on any atom is -0.355 e. The molecule has 0 aliphatic rings. The van der Waals surface area contributed by atoms with E-state index in [4.69, 9.17) is 0 Å². The van der Waals surface area contributed by atoms with Gasteiger partial charge in [0.2, 0.25) is 11.7 Å². The van der Waals surface area contributed by atoms with Gasteiger partial charge in [0.1, 0.15) is 0 Å². The molecule has 0 spiro atoms. The number of aromatic nitrogens is 4. The van der Waals surface area contributed by atoms with Crippen molar-refractivity contribution in [3.8, 4) is 0 Å². The molecule has 2 heterocycles. The molecule has 0 saturated carbocycles. The number of hydrogen-bond acceptors (Lipinski definition) is 4. The first-order chi connectivity index (χ1) is 12.7. The first-order valence-electron chi connectivity index (χ1n) is 8.48. The van der Waals surface area contributed by atoms with Crippen LogP contribution in [0.4, 0.5) is 0 Å². The van der Waals surface area contributed by atoms with E-state index in [9.17, 15) is 4.79 Å². The van der Waals surface area contributed by atoms with Gasteiger partial charge in [0, 0.05) is 6.54 Å². The predicted molar refractivity (Wildman–Crippen MR) is 103 cm³/mol. The fourth-order valence-corrected chi connectivity index (χ4v) is 3.73. The van der Waals surface area contributed by atoms with Crippen LogP contribution >= 0.6 is 11.8 Å². The second-order valence-corrected chi connectivity index (χ2v) is 7.02. The SMILES string of the molecule is Cc1ccccc1CCNC(=O)CSc1n[nH]c2nc3ccccc3n12. The fourth-order valence-electron chi connectivity index (χ4n) is 2.95. The van der Waals surface area contributed by atoms with E-state index in [1.165, 1.54) is 22.9 Å². The summed E-state index contributed by atoms with van der Waals surface area (Å²) in [5.74, 6) is 1.01. The predicted octanol–water partition coefficient (Wildman–Crippen LogP) is 2.97. The molecule has 0 fully saturated rings. The normalized spacial score (nSPS) is 11.3. The minimum atomic E-state index is 0.00385. The third-order valence-corrected chi connectivity index (χ3v) is 5.25. The molecule has 0 aliphatic heterocycles. The molecule has 26 heavy (non-hydrogen) atoms. The van der Waals surface area contributed by atoms with E-state index < -0.39 is 0 Å². The number of carbonyl (C=O) groups is 1. The Labute approximate surface area is 155 Å². The zero-order valence-electron chi connectivity index (χ0n) is 14.4. The lowest BCUT2D eigenvalue weighted by molar-refractivity contribution is -0.118. The van der Waals surface area contributed by atoms with Crippen LogP contribution in [-0.4, -0.2) is 37.8 Å². The van der Waals surface area contributed by atoms with Crippen molar-refractivity contribution in [1.29, 1.82) is 0 Å². The number of nitrogens with one attached hydrogen (secondary N) is 2. The number of aromatic amines is 1. The summed E-state index contributed by atoms with van der Waals surface area (Å²) in [6, 6.07) is 16.1. The molecule has 2 N–H and O–H groups in total. The summed E-state index contributed by atoms with van der Waals surface area (Å²) in [4.78, 5) is 16.6. The summed E-state index contributed by atoms with van der Waals surface area (Å²) in [5, 5.41) is 10.9. The number of aryl methyl sites for hydroxylation is 1. The van der Waals surface area contributed by atoms with Crippen molar-refractivity contribution >= 4 is 34.5 Å². The molecule has 7 heteroatoms. The van der Waals surface area contributed by atoms with E-state index in [1.54, 1.807) is 0 Å². The molecule has 0 unspecified atom stereocenters. The van der Waals surface area contributed by atoms with Crippen LogP contribution in [0, 0.1) is 6.92 Å². The van der Waals surface area contributed by atoms with Gasteiger partial charge < -0.3 is 5.32 Å². The molecule has 1 amide bonds. The number of rotatable bonds is 6. The smallest absolute Gasteiger partial charge is 0.231 e. The van der Waals surface area contributed by atoms with Crippen LogP contribution in [0.3, 0.4) is 0 Å².